The van der Waals surface area contributed by atoms with Crippen LogP contribution in [0.4, 0.5) is 18.0 Å². The topological polar surface area (TPSA) is 57.0 Å². The Morgan fingerprint density at radius 1 is 1.19 bits per heavy atom. The lowest BCUT2D eigenvalue weighted by atomic mass is 10.1. The summed E-state index contributed by atoms with van der Waals surface area (Å²) in [6.07, 6.45) is -4.52. The van der Waals surface area contributed by atoms with Gasteiger partial charge in [0, 0.05) is 17.1 Å². The molecule has 0 aliphatic carbocycles. The molecule has 0 amide bonds. The average Bonchev–Trinajstić information content (AvgIpc) is 2.91. The van der Waals surface area contributed by atoms with Crippen molar-refractivity contribution in [2.45, 2.75) is 32.5 Å². The number of fused-ring (bicyclic) bond motifs is 1. The minimum atomic E-state index is -4.70. The van der Waals surface area contributed by atoms with Gasteiger partial charge in [0.15, 0.2) is 11.3 Å². The lowest BCUT2D eigenvalue weighted by Crippen LogP contribution is -2.27. The Hall–Kier alpha value is -2.61. The summed E-state index contributed by atoms with van der Waals surface area (Å²) in [5, 5.41) is 0.538. The van der Waals surface area contributed by atoms with E-state index in [1.807, 2.05) is 0 Å². The van der Waals surface area contributed by atoms with E-state index in [0.29, 0.717) is 5.39 Å². The SMILES string of the molecule is CC(C)(C)OC(=O)n1c(-c2cccnc2C(F)(F)F)cc2ccc(Cl)nc21. The molecule has 0 radical (unpaired) electrons. The number of rotatable bonds is 1. The molecule has 27 heavy (non-hydrogen) atoms. The highest BCUT2D eigenvalue weighted by molar-refractivity contribution is 6.29. The van der Waals surface area contributed by atoms with Crippen LogP contribution in [-0.2, 0) is 10.9 Å². The van der Waals surface area contributed by atoms with E-state index in [4.69, 9.17) is 16.3 Å². The van der Waals surface area contributed by atoms with Crippen LogP contribution in [0.2, 0.25) is 5.15 Å². The zero-order valence-electron chi connectivity index (χ0n) is 14.6. The van der Waals surface area contributed by atoms with Crippen molar-refractivity contribution in [2.24, 2.45) is 0 Å². The number of aromatic nitrogens is 3. The van der Waals surface area contributed by atoms with Gasteiger partial charge in [-0.05, 0) is 51.1 Å². The van der Waals surface area contributed by atoms with Crippen LogP contribution in [-0.4, -0.2) is 26.2 Å². The summed E-state index contributed by atoms with van der Waals surface area (Å²) in [6, 6.07) is 7.09. The maximum absolute atomic E-state index is 13.4. The summed E-state index contributed by atoms with van der Waals surface area (Å²) in [5.74, 6) is 0. The largest absolute Gasteiger partial charge is 0.443 e. The minimum absolute atomic E-state index is 0.0329. The van der Waals surface area contributed by atoms with Crippen molar-refractivity contribution in [2.75, 3.05) is 0 Å². The number of carbonyl (C=O) groups is 1. The lowest BCUT2D eigenvalue weighted by molar-refractivity contribution is -0.140. The predicted molar refractivity (Wildman–Crippen MR) is 94.6 cm³/mol. The number of halogens is 4. The molecule has 0 fully saturated rings. The molecule has 3 rings (SSSR count). The van der Waals surface area contributed by atoms with Crippen LogP contribution in [0.5, 0.6) is 0 Å². The van der Waals surface area contributed by atoms with E-state index in [0.717, 1.165) is 10.8 Å². The van der Waals surface area contributed by atoms with Crippen LogP contribution >= 0.6 is 11.6 Å². The first-order valence-corrected chi connectivity index (χ1v) is 8.29. The van der Waals surface area contributed by atoms with Gasteiger partial charge in [0.25, 0.3) is 0 Å². The molecular weight excluding hydrogens is 383 g/mol. The maximum atomic E-state index is 13.4. The third-order valence-corrected chi connectivity index (χ3v) is 3.76. The van der Waals surface area contributed by atoms with Crippen LogP contribution in [0.3, 0.4) is 0 Å². The molecule has 9 heteroatoms. The highest BCUT2D eigenvalue weighted by Crippen LogP contribution is 2.37. The summed E-state index contributed by atoms with van der Waals surface area (Å²) < 4.78 is 46.6. The van der Waals surface area contributed by atoms with Crippen LogP contribution in [0.1, 0.15) is 26.5 Å². The number of hydrogen-bond donors (Lipinski definition) is 0. The van der Waals surface area contributed by atoms with Crippen molar-refractivity contribution in [3.63, 3.8) is 0 Å². The summed E-state index contributed by atoms with van der Waals surface area (Å²) >= 11 is 5.92. The van der Waals surface area contributed by atoms with E-state index in [1.54, 1.807) is 26.8 Å². The minimum Gasteiger partial charge on any atom is -0.443 e. The van der Waals surface area contributed by atoms with Gasteiger partial charge in [0.2, 0.25) is 0 Å². The van der Waals surface area contributed by atoms with Crippen molar-refractivity contribution in [3.05, 3.63) is 47.4 Å². The second kappa shape index (κ2) is 6.53. The second-order valence-corrected chi connectivity index (χ2v) is 7.18. The van der Waals surface area contributed by atoms with E-state index in [1.165, 1.54) is 24.3 Å². The number of hydrogen-bond acceptors (Lipinski definition) is 4. The van der Waals surface area contributed by atoms with Crippen LogP contribution in [0.25, 0.3) is 22.3 Å². The van der Waals surface area contributed by atoms with Gasteiger partial charge in [-0.15, -0.1) is 0 Å². The third kappa shape index (κ3) is 3.90. The molecule has 3 heterocycles. The predicted octanol–water partition coefficient (Wildman–Crippen LogP) is 5.55. The molecule has 0 aromatic carbocycles. The van der Waals surface area contributed by atoms with Crippen LogP contribution in [0, 0.1) is 0 Å². The van der Waals surface area contributed by atoms with Gasteiger partial charge >= 0.3 is 12.3 Å². The summed E-state index contributed by atoms with van der Waals surface area (Å²) in [7, 11) is 0. The van der Waals surface area contributed by atoms with Gasteiger partial charge in [0.05, 0.1) is 5.69 Å². The molecule has 0 aliphatic rings. The number of alkyl halides is 3. The molecule has 0 saturated heterocycles. The first kappa shape index (κ1) is 19.2. The Kier molecular flexibility index (Phi) is 4.63. The molecule has 5 nitrogen and oxygen atoms in total. The van der Waals surface area contributed by atoms with Gasteiger partial charge in [-0.25, -0.2) is 14.3 Å². The van der Waals surface area contributed by atoms with E-state index >= 15 is 0 Å². The fourth-order valence-corrected chi connectivity index (χ4v) is 2.73. The molecule has 3 aromatic heterocycles. The number of carbonyl (C=O) groups excluding carboxylic acids is 1. The molecule has 0 aliphatic heterocycles. The monoisotopic (exact) mass is 397 g/mol. The number of ether oxygens (including phenoxy) is 1. The van der Waals surface area contributed by atoms with Crippen molar-refractivity contribution in [3.8, 4) is 11.3 Å². The summed E-state index contributed by atoms with van der Waals surface area (Å²) in [4.78, 5) is 20.3. The van der Waals surface area contributed by atoms with Gasteiger partial charge in [-0.1, -0.05) is 11.6 Å². The summed E-state index contributed by atoms with van der Waals surface area (Å²) in [5.41, 5.74) is -2.16. The van der Waals surface area contributed by atoms with E-state index in [2.05, 4.69) is 9.97 Å². The number of nitrogens with zero attached hydrogens (tertiary/aromatic N) is 3. The fraction of sp³-hybridized carbons (Fsp3) is 0.278. The molecular formula is C18H15ClF3N3O2. The Balaban J connectivity index is 2.32. The zero-order chi connectivity index (χ0) is 20.0. The molecule has 0 N–H and O–H groups in total. The Labute approximate surface area is 157 Å². The van der Waals surface area contributed by atoms with E-state index < -0.39 is 23.6 Å². The molecule has 142 valence electrons. The molecule has 0 atom stereocenters. The van der Waals surface area contributed by atoms with E-state index in [9.17, 15) is 18.0 Å². The molecule has 0 spiro atoms. The normalized spacial score (nSPS) is 12.4. The first-order chi connectivity index (χ1) is 12.5. The average molecular weight is 398 g/mol. The third-order valence-electron chi connectivity index (χ3n) is 3.54. The smallest absolute Gasteiger partial charge is 0.434 e. The van der Waals surface area contributed by atoms with Crippen molar-refractivity contribution in [1.29, 1.82) is 0 Å². The molecule has 0 saturated carbocycles. The van der Waals surface area contributed by atoms with Crippen molar-refractivity contribution >= 4 is 28.7 Å². The van der Waals surface area contributed by atoms with Gasteiger partial charge in [-0.2, -0.15) is 13.2 Å². The molecule has 3 aromatic rings. The standard InChI is InChI=1S/C18H15ClF3N3O2/c1-17(2,3)27-16(26)25-12(9-10-6-7-13(19)24-15(10)25)11-5-4-8-23-14(11)18(20,21)22/h4-9H,1-3H3. The van der Waals surface area contributed by atoms with Crippen LogP contribution < -0.4 is 0 Å². The summed E-state index contributed by atoms with van der Waals surface area (Å²) in [6.45, 7) is 4.96. The maximum Gasteiger partial charge on any atom is 0.434 e. The van der Waals surface area contributed by atoms with Gasteiger partial charge < -0.3 is 4.74 Å². The molecule has 0 unspecified atom stereocenters. The highest BCUT2D eigenvalue weighted by atomic mass is 35.5. The van der Waals surface area contributed by atoms with Gasteiger partial charge in [-0.3, -0.25) is 4.98 Å². The van der Waals surface area contributed by atoms with E-state index in [-0.39, 0.29) is 22.1 Å². The first-order valence-electron chi connectivity index (χ1n) is 7.91. The number of pyridine rings is 2. The Morgan fingerprint density at radius 3 is 2.52 bits per heavy atom. The quantitative estimate of drug-likeness (QED) is 0.505. The lowest BCUT2D eigenvalue weighted by Gasteiger charge is -2.21. The highest BCUT2D eigenvalue weighted by Gasteiger charge is 2.37. The zero-order valence-corrected chi connectivity index (χ0v) is 15.4. The Morgan fingerprint density at radius 2 is 1.89 bits per heavy atom. The second-order valence-electron chi connectivity index (χ2n) is 6.79. The van der Waals surface area contributed by atoms with Crippen molar-refractivity contribution in [1.82, 2.24) is 14.5 Å². The molecule has 0 bridgehead atoms. The van der Waals surface area contributed by atoms with Crippen molar-refractivity contribution < 1.29 is 22.7 Å². The fourth-order valence-electron chi connectivity index (χ4n) is 2.58. The van der Waals surface area contributed by atoms with Gasteiger partial charge in [0.1, 0.15) is 10.8 Å². The Bertz CT molecular complexity index is 1020. The van der Waals surface area contributed by atoms with Crippen LogP contribution in [0.15, 0.2) is 36.5 Å².